The topological polar surface area (TPSA) is 50.3 Å². The van der Waals surface area contributed by atoms with Gasteiger partial charge in [-0.25, -0.2) is 0 Å². The molecule has 0 bridgehead atoms. The molecule has 0 fully saturated rings. The van der Waals surface area contributed by atoms with E-state index in [1.54, 1.807) is 24.3 Å². The number of thiocarbonyl (C=S) groups is 1. The van der Waals surface area contributed by atoms with Gasteiger partial charge in [0.1, 0.15) is 5.75 Å². The van der Waals surface area contributed by atoms with Gasteiger partial charge >= 0.3 is 0 Å². The number of nitrogens with one attached hydrogen (secondary N) is 1. The molecule has 0 saturated carbocycles. The molecule has 0 aliphatic rings. The summed E-state index contributed by atoms with van der Waals surface area (Å²) in [4.78, 5) is 11.3. The smallest absolute Gasteiger partial charge is 0.300 e. The molecule has 19 heavy (non-hydrogen) atoms. The summed E-state index contributed by atoms with van der Waals surface area (Å²) >= 11 is 4.55. The fourth-order valence-corrected chi connectivity index (χ4v) is 1.84. The highest BCUT2D eigenvalue weighted by molar-refractivity contribution is 7.78. The van der Waals surface area contributed by atoms with E-state index in [9.17, 15) is 0 Å². The molecule has 92 valence electrons. The summed E-state index contributed by atoms with van der Waals surface area (Å²) in [5.74, 6) is 0.683. The Morgan fingerprint density at radius 3 is 2.63 bits per heavy atom. The molecule has 1 aromatic heterocycles. The Morgan fingerprint density at radius 2 is 1.89 bits per heavy atom. The third-order valence-electron chi connectivity index (χ3n) is 2.59. The van der Waals surface area contributed by atoms with Gasteiger partial charge < -0.3 is 9.72 Å². The Labute approximate surface area is 114 Å². The SMILES string of the molecule is S=C=Nc1ccc(Oc2nc3ccccc3[nH]2)cc1. The molecule has 0 unspecified atom stereocenters. The molecule has 0 spiro atoms. The third-order valence-corrected chi connectivity index (χ3v) is 2.68. The van der Waals surface area contributed by atoms with Crippen molar-refractivity contribution < 1.29 is 4.74 Å². The first-order chi connectivity index (χ1) is 9.35. The largest absolute Gasteiger partial charge is 0.426 e. The molecule has 0 saturated heterocycles. The lowest BCUT2D eigenvalue weighted by Crippen LogP contribution is -1.84. The van der Waals surface area contributed by atoms with Gasteiger partial charge in [0.15, 0.2) is 0 Å². The van der Waals surface area contributed by atoms with Gasteiger partial charge in [0, 0.05) is 0 Å². The van der Waals surface area contributed by atoms with E-state index in [1.165, 1.54) is 0 Å². The summed E-state index contributed by atoms with van der Waals surface area (Å²) in [6.07, 6.45) is 0. The zero-order chi connectivity index (χ0) is 13.1. The van der Waals surface area contributed by atoms with Gasteiger partial charge in [0.2, 0.25) is 0 Å². The van der Waals surface area contributed by atoms with Crippen LogP contribution in [0.2, 0.25) is 0 Å². The van der Waals surface area contributed by atoms with Crippen LogP contribution >= 0.6 is 12.2 Å². The van der Waals surface area contributed by atoms with Crippen molar-refractivity contribution in [2.45, 2.75) is 0 Å². The second kappa shape index (κ2) is 5.02. The molecule has 4 nitrogen and oxygen atoms in total. The number of hydrogen-bond donors (Lipinski definition) is 1. The predicted octanol–water partition coefficient (Wildman–Crippen LogP) is 4.09. The maximum atomic E-state index is 5.64. The van der Waals surface area contributed by atoms with Gasteiger partial charge in [0.25, 0.3) is 6.01 Å². The minimum Gasteiger partial charge on any atom is -0.426 e. The lowest BCUT2D eigenvalue weighted by Gasteiger charge is -2.00. The average molecular weight is 267 g/mol. The lowest BCUT2D eigenvalue weighted by molar-refractivity contribution is 0.449. The number of aliphatic imine (C=N–C) groups is 1. The van der Waals surface area contributed by atoms with Crippen LogP contribution in [0.1, 0.15) is 0 Å². The quantitative estimate of drug-likeness (QED) is 0.574. The first-order valence-electron chi connectivity index (χ1n) is 5.66. The van der Waals surface area contributed by atoms with Crippen LogP contribution < -0.4 is 4.74 Å². The Hall–Kier alpha value is -2.49. The number of benzene rings is 2. The van der Waals surface area contributed by atoms with E-state index < -0.39 is 0 Å². The van der Waals surface area contributed by atoms with Gasteiger partial charge in [-0.1, -0.05) is 12.1 Å². The van der Waals surface area contributed by atoms with Crippen LogP contribution in [0.5, 0.6) is 11.8 Å². The number of rotatable bonds is 3. The van der Waals surface area contributed by atoms with Gasteiger partial charge in [-0.3, -0.25) is 0 Å². The number of nitrogens with zero attached hydrogens (tertiary/aromatic N) is 2. The Balaban J connectivity index is 1.85. The number of para-hydroxylation sites is 2. The van der Waals surface area contributed by atoms with Crippen molar-refractivity contribution in [1.82, 2.24) is 9.97 Å². The molecular weight excluding hydrogens is 258 g/mol. The maximum Gasteiger partial charge on any atom is 0.300 e. The molecule has 0 atom stereocenters. The van der Waals surface area contributed by atoms with Crippen molar-refractivity contribution in [1.29, 1.82) is 0 Å². The summed E-state index contributed by atoms with van der Waals surface area (Å²) in [7, 11) is 0. The molecular formula is C14H9N3OS. The van der Waals surface area contributed by atoms with E-state index in [2.05, 4.69) is 32.3 Å². The molecule has 0 radical (unpaired) electrons. The van der Waals surface area contributed by atoms with Crippen molar-refractivity contribution in [2.24, 2.45) is 4.99 Å². The normalized spacial score (nSPS) is 10.1. The molecule has 0 aliphatic carbocycles. The molecule has 0 amide bonds. The second-order valence-corrected chi connectivity index (χ2v) is 4.04. The fourth-order valence-electron chi connectivity index (χ4n) is 1.73. The van der Waals surface area contributed by atoms with E-state index in [4.69, 9.17) is 4.74 Å². The highest BCUT2D eigenvalue weighted by Gasteiger charge is 2.03. The number of aromatic amines is 1. The number of imidazole rings is 1. The fraction of sp³-hybridized carbons (Fsp3) is 0. The number of hydrogen-bond acceptors (Lipinski definition) is 4. The molecule has 1 heterocycles. The predicted molar refractivity (Wildman–Crippen MR) is 77.3 cm³/mol. The first kappa shape index (κ1) is 11.6. The van der Waals surface area contributed by atoms with E-state index in [0.29, 0.717) is 11.8 Å². The third kappa shape index (κ3) is 2.52. The Morgan fingerprint density at radius 1 is 1.11 bits per heavy atom. The Kier molecular flexibility index (Phi) is 3.06. The maximum absolute atomic E-state index is 5.64. The summed E-state index contributed by atoms with van der Waals surface area (Å²) in [6, 6.07) is 15.4. The van der Waals surface area contributed by atoms with E-state index in [0.717, 1.165) is 16.7 Å². The van der Waals surface area contributed by atoms with Crippen molar-refractivity contribution in [2.75, 3.05) is 0 Å². The summed E-state index contributed by atoms with van der Waals surface area (Å²) in [6.45, 7) is 0. The summed E-state index contributed by atoms with van der Waals surface area (Å²) in [5, 5.41) is 2.32. The van der Waals surface area contributed by atoms with Gasteiger partial charge in [-0.15, -0.1) is 0 Å². The second-order valence-electron chi connectivity index (χ2n) is 3.86. The summed E-state index contributed by atoms with van der Waals surface area (Å²) < 4.78 is 5.64. The zero-order valence-corrected chi connectivity index (χ0v) is 10.6. The van der Waals surface area contributed by atoms with E-state index >= 15 is 0 Å². The van der Waals surface area contributed by atoms with Crippen LogP contribution in [0.25, 0.3) is 11.0 Å². The van der Waals surface area contributed by atoms with Crippen LogP contribution in [-0.2, 0) is 0 Å². The standard InChI is InChI=1S/C14H9N3OS/c19-9-15-10-5-7-11(8-6-10)18-14-16-12-3-1-2-4-13(12)17-14/h1-8H,(H,16,17). The van der Waals surface area contributed by atoms with Gasteiger partial charge in [-0.2, -0.15) is 9.98 Å². The minimum atomic E-state index is 0.465. The summed E-state index contributed by atoms with van der Waals surface area (Å²) in [5.41, 5.74) is 2.56. The molecule has 3 aromatic rings. The molecule has 2 aromatic carbocycles. The molecule has 1 N–H and O–H groups in total. The lowest BCUT2D eigenvalue weighted by atomic mass is 10.3. The minimum absolute atomic E-state index is 0.465. The van der Waals surface area contributed by atoms with Crippen molar-refractivity contribution in [3.05, 3.63) is 48.5 Å². The number of isothiocyanates is 1. The number of fused-ring (bicyclic) bond motifs is 1. The van der Waals surface area contributed by atoms with Crippen LogP contribution in [0.15, 0.2) is 53.5 Å². The van der Waals surface area contributed by atoms with Crippen LogP contribution in [0.3, 0.4) is 0 Å². The molecule has 3 rings (SSSR count). The number of H-pyrrole nitrogens is 1. The van der Waals surface area contributed by atoms with Gasteiger partial charge in [0.05, 0.1) is 21.9 Å². The monoisotopic (exact) mass is 267 g/mol. The Bertz CT molecular complexity index is 725. The molecule has 0 aliphatic heterocycles. The van der Waals surface area contributed by atoms with Gasteiger partial charge in [-0.05, 0) is 48.6 Å². The van der Waals surface area contributed by atoms with Crippen LogP contribution in [0.4, 0.5) is 5.69 Å². The average Bonchev–Trinajstić information content (AvgIpc) is 2.83. The van der Waals surface area contributed by atoms with Crippen molar-refractivity contribution in [3.8, 4) is 11.8 Å². The van der Waals surface area contributed by atoms with Crippen molar-refractivity contribution in [3.63, 3.8) is 0 Å². The van der Waals surface area contributed by atoms with Crippen LogP contribution in [0, 0.1) is 0 Å². The highest BCUT2D eigenvalue weighted by atomic mass is 32.1. The van der Waals surface area contributed by atoms with Crippen molar-refractivity contribution >= 4 is 34.1 Å². The number of aromatic nitrogens is 2. The molecule has 5 heteroatoms. The van der Waals surface area contributed by atoms with E-state index in [-0.39, 0.29) is 0 Å². The number of ether oxygens (including phenoxy) is 1. The van der Waals surface area contributed by atoms with Crippen LogP contribution in [-0.4, -0.2) is 15.1 Å². The first-order valence-corrected chi connectivity index (χ1v) is 6.06. The zero-order valence-electron chi connectivity index (χ0n) is 9.83. The van der Waals surface area contributed by atoms with E-state index in [1.807, 2.05) is 24.3 Å². The highest BCUT2D eigenvalue weighted by Crippen LogP contribution is 2.23.